The van der Waals surface area contributed by atoms with Crippen molar-refractivity contribution in [2.24, 2.45) is 17.3 Å². The Balaban J connectivity index is 1.37. The van der Waals surface area contributed by atoms with E-state index in [0.29, 0.717) is 34.5 Å². The second kappa shape index (κ2) is 7.56. The van der Waals surface area contributed by atoms with E-state index in [9.17, 15) is 9.59 Å². The molecule has 162 valence electrons. The smallest absolute Gasteiger partial charge is 0.257 e. The van der Waals surface area contributed by atoms with Gasteiger partial charge in [0.15, 0.2) is 0 Å². The van der Waals surface area contributed by atoms with E-state index in [1.165, 1.54) is 6.42 Å². The van der Waals surface area contributed by atoms with Crippen molar-refractivity contribution in [3.63, 3.8) is 0 Å². The molecule has 0 heterocycles. The first-order valence-electron chi connectivity index (χ1n) is 10.9. The van der Waals surface area contributed by atoms with Gasteiger partial charge in [-0.15, -0.1) is 11.6 Å². The number of carbonyl (C=O) groups is 2. The van der Waals surface area contributed by atoms with Gasteiger partial charge in [0.05, 0.1) is 29.5 Å². The monoisotopic (exact) mass is 438 g/mol. The van der Waals surface area contributed by atoms with Crippen LogP contribution in [0.15, 0.2) is 48.5 Å². The van der Waals surface area contributed by atoms with E-state index in [2.05, 4.69) is 10.6 Å². The minimum Gasteiger partial charge on any atom is -0.495 e. The van der Waals surface area contributed by atoms with Gasteiger partial charge in [0, 0.05) is 4.87 Å². The molecule has 2 aromatic rings. The zero-order valence-corrected chi connectivity index (χ0v) is 18.4. The molecule has 4 atom stereocenters. The maximum atomic E-state index is 13.5. The number of anilines is 2. The van der Waals surface area contributed by atoms with Gasteiger partial charge in [0.1, 0.15) is 5.75 Å². The fourth-order valence-corrected chi connectivity index (χ4v) is 7.09. The predicted octanol–water partition coefficient (Wildman–Crippen LogP) is 5.46. The van der Waals surface area contributed by atoms with Gasteiger partial charge in [-0.05, 0) is 74.6 Å². The van der Waals surface area contributed by atoms with E-state index in [1.807, 2.05) is 18.2 Å². The largest absolute Gasteiger partial charge is 0.495 e. The molecule has 2 aromatic carbocycles. The Kier molecular flexibility index (Phi) is 4.97. The molecular formula is C25H27ClN2O3. The van der Waals surface area contributed by atoms with Gasteiger partial charge in [-0.1, -0.05) is 24.3 Å². The van der Waals surface area contributed by atoms with Gasteiger partial charge < -0.3 is 15.4 Å². The molecule has 4 aliphatic rings. The normalized spacial score (nSPS) is 30.6. The van der Waals surface area contributed by atoms with Crippen LogP contribution in [0, 0.1) is 17.3 Å². The molecule has 2 N–H and O–H groups in total. The minimum atomic E-state index is -0.419. The average Bonchev–Trinajstić information content (AvgIpc) is 2.72. The van der Waals surface area contributed by atoms with E-state index < -0.39 is 5.41 Å². The molecule has 0 saturated heterocycles. The number of hydrogen-bond donors (Lipinski definition) is 2. The van der Waals surface area contributed by atoms with Crippen molar-refractivity contribution in [1.29, 1.82) is 0 Å². The van der Waals surface area contributed by atoms with Crippen molar-refractivity contribution >= 4 is 34.8 Å². The lowest BCUT2D eigenvalue weighted by molar-refractivity contribution is -0.138. The second-order valence-corrected chi connectivity index (χ2v) is 10.3. The summed E-state index contributed by atoms with van der Waals surface area (Å²) in [6, 6.07) is 14.4. The molecule has 4 bridgehead atoms. The summed E-state index contributed by atoms with van der Waals surface area (Å²) in [5, 5.41) is 5.99. The second-order valence-electron chi connectivity index (χ2n) is 9.55. The van der Waals surface area contributed by atoms with Crippen LogP contribution < -0.4 is 15.4 Å². The number of benzene rings is 2. The molecule has 0 aliphatic heterocycles. The highest BCUT2D eigenvalue weighted by atomic mass is 35.5. The number of alkyl halides is 1. The standard InChI is InChI=1S/C25H27ClN2O3/c1-31-21-9-5-4-8-20(21)27-22(29)18-6-2-3-7-19(18)28-23(30)24-11-16-10-17(12-24)14-25(26,13-16)15-24/h2-9,16-17H,10-15H2,1H3,(H,27,29)(H,28,30)/t16-,17+,24?,25?. The lowest BCUT2D eigenvalue weighted by Crippen LogP contribution is -2.57. The Morgan fingerprint density at radius 3 is 2.26 bits per heavy atom. The summed E-state index contributed by atoms with van der Waals surface area (Å²) < 4.78 is 5.33. The number of ether oxygens (including phenoxy) is 1. The van der Waals surface area contributed by atoms with Crippen LogP contribution >= 0.6 is 11.6 Å². The van der Waals surface area contributed by atoms with Crippen molar-refractivity contribution in [2.75, 3.05) is 17.7 Å². The van der Waals surface area contributed by atoms with Crippen LogP contribution in [-0.4, -0.2) is 23.8 Å². The molecule has 2 unspecified atom stereocenters. The van der Waals surface area contributed by atoms with Gasteiger partial charge in [-0.2, -0.15) is 0 Å². The zero-order valence-electron chi connectivity index (χ0n) is 17.6. The van der Waals surface area contributed by atoms with E-state index >= 15 is 0 Å². The summed E-state index contributed by atoms with van der Waals surface area (Å²) in [7, 11) is 1.56. The van der Waals surface area contributed by atoms with Gasteiger partial charge in [-0.3, -0.25) is 9.59 Å². The van der Waals surface area contributed by atoms with Crippen LogP contribution in [0.25, 0.3) is 0 Å². The Labute approximate surface area is 187 Å². The summed E-state index contributed by atoms with van der Waals surface area (Å²) >= 11 is 6.91. The summed E-state index contributed by atoms with van der Waals surface area (Å²) in [5.74, 6) is 1.37. The summed E-state index contributed by atoms with van der Waals surface area (Å²) in [6.45, 7) is 0. The van der Waals surface area contributed by atoms with Crippen LogP contribution in [-0.2, 0) is 4.79 Å². The van der Waals surface area contributed by atoms with Crippen molar-refractivity contribution in [1.82, 2.24) is 0 Å². The molecule has 4 aliphatic carbocycles. The van der Waals surface area contributed by atoms with Crippen LogP contribution in [0.4, 0.5) is 11.4 Å². The Morgan fingerprint density at radius 2 is 1.58 bits per heavy atom. The molecule has 0 aromatic heterocycles. The van der Waals surface area contributed by atoms with Crippen LogP contribution in [0.3, 0.4) is 0 Å². The quantitative estimate of drug-likeness (QED) is 0.609. The first-order chi connectivity index (χ1) is 14.9. The molecule has 4 saturated carbocycles. The number of carbonyl (C=O) groups excluding carboxylic acids is 2. The number of halogens is 1. The first-order valence-corrected chi connectivity index (χ1v) is 11.3. The van der Waals surface area contributed by atoms with E-state index in [1.54, 1.807) is 37.4 Å². The fourth-order valence-electron chi connectivity index (χ4n) is 6.40. The molecule has 6 rings (SSSR count). The Morgan fingerprint density at radius 1 is 0.935 bits per heavy atom. The molecule has 6 heteroatoms. The topological polar surface area (TPSA) is 67.4 Å². The first kappa shape index (κ1) is 20.4. The minimum absolute atomic E-state index is 0.00386. The fraction of sp³-hybridized carbons (Fsp3) is 0.440. The number of rotatable bonds is 5. The molecule has 31 heavy (non-hydrogen) atoms. The zero-order chi connectivity index (χ0) is 21.6. The maximum Gasteiger partial charge on any atom is 0.257 e. The van der Waals surface area contributed by atoms with Crippen molar-refractivity contribution < 1.29 is 14.3 Å². The number of nitrogens with one attached hydrogen (secondary N) is 2. The Hall–Kier alpha value is -2.53. The van der Waals surface area contributed by atoms with E-state index in [-0.39, 0.29) is 16.7 Å². The third-order valence-corrected chi connectivity index (χ3v) is 7.69. The average molecular weight is 439 g/mol. The van der Waals surface area contributed by atoms with Crippen molar-refractivity contribution in [2.45, 2.75) is 43.4 Å². The summed E-state index contributed by atoms with van der Waals surface area (Å²) in [4.78, 5) is 26.3. The van der Waals surface area contributed by atoms with Crippen molar-refractivity contribution in [3.05, 3.63) is 54.1 Å². The van der Waals surface area contributed by atoms with Gasteiger partial charge in [-0.25, -0.2) is 0 Å². The lowest BCUT2D eigenvalue weighted by atomic mass is 9.49. The Bertz CT molecular complexity index is 1020. The molecule has 0 spiro atoms. The van der Waals surface area contributed by atoms with Gasteiger partial charge in [0.2, 0.25) is 5.91 Å². The van der Waals surface area contributed by atoms with Crippen LogP contribution in [0.2, 0.25) is 0 Å². The van der Waals surface area contributed by atoms with E-state index in [4.69, 9.17) is 16.3 Å². The number of amides is 2. The molecule has 5 nitrogen and oxygen atoms in total. The third-order valence-electron chi connectivity index (χ3n) is 7.25. The number of methoxy groups -OCH3 is 1. The molecule has 4 fully saturated rings. The maximum absolute atomic E-state index is 13.5. The molecule has 0 radical (unpaired) electrons. The molecular weight excluding hydrogens is 412 g/mol. The highest BCUT2D eigenvalue weighted by Gasteiger charge is 2.60. The lowest BCUT2D eigenvalue weighted by Gasteiger charge is -2.59. The highest BCUT2D eigenvalue weighted by molar-refractivity contribution is 6.24. The summed E-state index contributed by atoms with van der Waals surface area (Å²) in [5.41, 5.74) is 1.12. The SMILES string of the molecule is COc1ccccc1NC(=O)c1ccccc1NC(=O)C12C[C@@H]3C[C@@H](CC(Cl)(C3)C1)C2. The van der Waals surface area contributed by atoms with Gasteiger partial charge >= 0.3 is 0 Å². The molecule has 2 amide bonds. The van der Waals surface area contributed by atoms with Gasteiger partial charge in [0.25, 0.3) is 5.91 Å². The van der Waals surface area contributed by atoms with E-state index in [0.717, 1.165) is 32.1 Å². The number of para-hydroxylation sites is 3. The van der Waals surface area contributed by atoms with Crippen LogP contribution in [0.5, 0.6) is 5.75 Å². The predicted molar refractivity (Wildman–Crippen MR) is 122 cm³/mol. The van der Waals surface area contributed by atoms with Crippen molar-refractivity contribution in [3.8, 4) is 5.75 Å². The number of hydrogen-bond acceptors (Lipinski definition) is 3. The van der Waals surface area contributed by atoms with Crippen LogP contribution in [0.1, 0.15) is 48.9 Å². The highest BCUT2D eigenvalue weighted by Crippen LogP contribution is 2.64. The summed E-state index contributed by atoms with van der Waals surface area (Å²) in [6.07, 6.45) is 5.78. The third kappa shape index (κ3) is 3.69.